The number of hydrogen-bond acceptors (Lipinski definition) is 18. The number of nitrogens with zero attached hydrogens (tertiary/aromatic N) is 7. The maximum atomic E-state index is 9.83. The number of ether oxygens (including phenoxy) is 3. The van der Waals surface area contributed by atoms with Crippen LogP contribution in [0, 0.1) is 41.2 Å². The number of hydrogen-bond donors (Lipinski definition) is 5. The van der Waals surface area contributed by atoms with Gasteiger partial charge in [-0.05, 0) is 144 Å². The van der Waals surface area contributed by atoms with Gasteiger partial charge in [0.05, 0.1) is 81.6 Å². The molecule has 9 heterocycles. The van der Waals surface area contributed by atoms with E-state index in [2.05, 4.69) is 173 Å². The first kappa shape index (κ1) is 120. The molecule has 0 aliphatic carbocycles. The van der Waals surface area contributed by atoms with Crippen LogP contribution in [0.3, 0.4) is 0 Å². The van der Waals surface area contributed by atoms with Crippen LogP contribution in [0.25, 0.3) is 32.0 Å². The van der Waals surface area contributed by atoms with E-state index < -0.39 is 11.9 Å². The van der Waals surface area contributed by atoms with Crippen molar-refractivity contribution < 1.29 is 164 Å². The van der Waals surface area contributed by atoms with Crippen molar-refractivity contribution in [1.82, 2.24) is 8.94 Å². The minimum Gasteiger partial charge on any atom is -0.532 e. The molecule has 0 saturated carbocycles. The summed E-state index contributed by atoms with van der Waals surface area (Å²) in [6.45, 7) is 27.9. The van der Waals surface area contributed by atoms with Crippen molar-refractivity contribution in [3.8, 4) is 0 Å². The molecule has 699 valence electrons. The van der Waals surface area contributed by atoms with Gasteiger partial charge in [-0.25, -0.2) is 33.1 Å². The third-order valence-electron chi connectivity index (χ3n) is 17.8. The summed E-state index contributed by atoms with van der Waals surface area (Å²) in [7, 11) is 4.51. The first-order chi connectivity index (χ1) is 58.8. The van der Waals surface area contributed by atoms with E-state index in [-0.39, 0.29) is 158 Å². The predicted octanol–water partition coefficient (Wildman–Crippen LogP) is 22.3. The van der Waals surface area contributed by atoms with E-state index in [0.29, 0.717) is 16.4 Å². The molecule has 0 amide bonds. The fourth-order valence-corrected chi connectivity index (χ4v) is 15.6. The molecule has 5 radical (unpaired) electrons. The normalized spacial score (nSPS) is 15.4. The van der Waals surface area contributed by atoms with Crippen LogP contribution in [-0.2, 0) is 122 Å². The molecular weight excluding hydrogens is 2580 g/mol. The number of ketones is 4. The van der Waals surface area contributed by atoms with Gasteiger partial charge in [-0.2, -0.15) is 23.9 Å². The Bertz CT molecular complexity index is 5080. The largest absolute Gasteiger partial charge is 0.532 e. The number of rotatable bonds is 14. The van der Waals surface area contributed by atoms with Crippen molar-refractivity contribution >= 4 is 136 Å². The third-order valence-corrected chi connectivity index (χ3v) is 21.9. The van der Waals surface area contributed by atoms with Gasteiger partial charge in [0.2, 0.25) is 0 Å². The molecule has 5 aliphatic rings. The number of allylic oxidation sites excluding steroid dienone is 10. The molecule has 20 nitrogen and oxygen atoms in total. The molecule has 128 heavy (non-hydrogen) atoms. The fraction of sp³-hybridized carbons (Fsp3) is 0.343. The van der Waals surface area contributed by atoms with E-state index in [1.165, 1.54) is 183 Å². The number of esters is 1. The molecule has 14 rings (SSSR count). The van der Waals surface area contributed by atoms with Gasteiger partial charge < -0.3 is 74.1 Å². The topological polar surface area (TPSA) is 315 Å². The Hall–Kier alpha value is -8.19. The standard InChI is InChI=1S/C17H20NS.C16H20N.C15H12O2.C14H12NS.C9H11N2O.C8H9N2S2.C5H8O4.3C5H8O2.5Ir/c1-17(2)10-6-3-7-11-18-16(17)15-12-13-8-4-5-9-14(13)19-15;1-4-6-13-7-9-14(10-8-13)15-16(2,3)11-5-12-17-15;16-14(12-7-3-1-4-8-12)11-15(17)13-9-5-2-6-10-13;1-2-7-12(15-9-5-1)14-10-11-6-3-4-8-13(11)16-14;1-11-6-2-4-8(11)9-10-5-3-7-12-9;1-6-4-9-7(5-11-6)8-2-3-10-12-8;1-8-4(6)3-5(7)9-2;3*1-4(6)3-5(2)7;;;;;/h4-5,8-9H,3,6-7,10-11H2,1-2H3;4,6-9H,5,11-12H2,1-3H3;1-11,16H;2-4,6-8H,1,5,9H2;2,6H,3,5,7H2,1H3;3,6H,4-5H2,1H3;3,6H,1-2H3;3*3,6H,1-2H3;;;;;/q2*-1;;3*-1;;;;;;;;;/p+5/b;6-4+;;;;;;;;;;;;;. The second kappa shape index (κ2) is 66.2. The van der Waals surface area contributed by atoms with Gasteiger partial charge in [0.1, 0.15) is 11.7 Å². The molecule has 29 heteroatoms. The molecule has 10 N–H and O–H groups in total. The summed E-state index contributed by atoms with van der Waals surface area (Å²) in [5.74, 6) is 1.80. The Labute approximate surface area is 839 Å². The summed E-state index contributed by atoms with van der Waals surface area (Å²) in [5, 5.41) is 46.7. The number of aryl methyl sites for hydroxylation is 1. The Kier molecular flexibility index (Phi) is 62.0. The number of fused-ring (bicyclic) bond motifs is 2. The quantitative estimate of drug-likeness (QED) is 0.0171. The van der Waals surface area contributed by atoms with Crippen molar-refractivity contribution in [2.45, 2.75) is 146 Å². The summed E-state index contributed by atoms with van der Waals surface area (Å²) < 4.78 is 22.5. The zero-order chi connectivity index (χ0) is 90.1. The molecule has 1 atom stereocenters. The second-order valence-corrected chi connectivity index (χ2v) is 34.1. The molecule has 5 aromatic carbocycles. The number of carbonyl (C=O) groups excluding carboxylic acids is 5. The van der Waals surface area contributed by atoms with E-state index >= 15 is 0 Å². The number of aliphatic imine (C=N–C) groups is 5. The van der Waals surface area contributed by atoms with Crippen molar-refractivity contribution in [2.24, 2.45) is 42.8 Å². The van der Waals surface area contributed by atoms with Crippen LogP contribution in [0.1, 0.15) is 183 Å². The zero-order valence-electron chi connectivity index (χ0n) is 75.1. The monoisotopic (exact) mass is 2710 g/mol. The molecule has 0 fully saturated rings. The van der Waals surface area contributed by atoms with Crippen molar-refractivity contribution in [2.75, 3.05) is 59.3 Å². The number of thioether (sulfide) groups is 1. The summed E-state index contributed by atoms with van der Waals surface area (Å²) in [4.78, 5) is 70.0. The van der Waals surface area contributed by atoms with Crippen LogP contribution in [0.15, 0.2) is 243 Å². The van der Waals surface area contributed by atoms with Gasteiger partial charge >= 0.3 is 29.1 Å². The molecule has 4 aromatic heterocycles. The van der Waals surface area contributed by atoms with Crippen molar-refractivity contribution in [3.05, 3.63) is 291 Å². The summed E-state index contributed by atoms with van der Waals surface area (Å²) >= 11 is 7.04. The molecule has 5 aliphatic heterocycles. The minimum atomic E-state index is -0.394. The predicted molar refractivity (Wildman–Crippen MR) is 518 cm³/mol. The van der Waals surface area contributed by atoms with Gasteiger partial charge in [-0.3, -0.25) is 19.2 Å². The molecule has 1 unspecified atom stereocenters. The molecular formula is C99H121Ir5N7O13S4. The average molecular weight is 2710 g/mol. The third kappa shape index (κ3) is 47.1. The first-order valence-electron chi connectivity index (χ1n) is 40.6. The van der Waals surface area contributed by atoms with Crippen molar-refractivity contribution in [3.63, 3.8) is 0 Å². The van der Waals surface area contributed by atoms with E-state index in [1.54, 1.807) is 41.8 Å². The van der Waals surface area contributed by atoms with Gasteiger partial charge in [0.25, 0.3) is 5.95 Å². The Morgan fingerprint density at radius 2 is 1.10 bits per heavy atom. The molecule has 0 bridgehead atoms. The van der Waals surface area contributed by atoms with Crippen LogP contribution < -0.4 is 0 Å². The van der Waals surface area contributed by atoms with Crippen LogP contribution >= 0.6 is 46.0 Å². The number of aromatic nitrogens is 2. The zero-order valence-corrected chi connectivity index (χ0v) is 90.3. The van der Waals surface area contributed by atoms with Crippen LogP contribution in [-0.4, -0.2) is 181 Å². The van der Waals surface area contributed by atoms with Crippen molar-refractivity contribution in [1.29, 1.82) is 0 Å². The minimum absolute atomic E-state index is 0. The van der Waals surface area contributed by atoms with Crippen LogP contribution in [0.5, 0.6) is 0 Å². The second-order valence-electron chi connectivity index (χ2n) is 29.8. The Morgan fingerprint density at radius 1 is 0.562 bits per heavy atom. The van der Waals surface area contributed by atoms with Crippen LogP contribution in [0.4, 0.5) is 0 Å². The molecule has 0 saturated heterocycles. The number of aliphatic hydroxyl groups excluding tert-OH is 5. The Morgan fingerprint density at radius 3 is 1.59 bits per heavy atom. The summed E-state index contributed by atoms with van der Waals surface area (Å²) in [5.41, 5.74) is 9.77. The number of thiophene rings is 2. The van der Waals surface area contributed by atoms with Gasteiger partial charge in [-0.1, -0.05) is 168 Å². The van der Waals surface area contributed by atoms with Gasteiger partial charge in [0, 0.05) is 150 Å². The van der Waals surface area contributed by atoms with Crippen LogP contribution in [0.2, 0.25) is 0 Å². The van der Waals surface area contributed by atoms with Gasteiger partial charge in [-0.15, -0.1) is 93.5 Å². The summed E-state index contributed by atoms with van der Waals surface area (Å²) in [6.07, 6.45) is 29.1. The van der Waals surface area contributed by atoms with E-state index in [1.807, 2.05) is 102 Å². The number of benzene rings is 5. The Balaban J connectivity index is 0.00000142. The summed E-state index contributed by atoms with van der Waals surface area (Å²) in [6, 6.07) is 59.8. The average Bonchev–Trinajstić information content (AvgIpc) is 1.49. The fourth-order valence-electron chi connectivity index (χ4n) is 11.9. The van der Waals surface area contributed by atoms with E-state index in [9.17, 15) is 9.90 Å². The van der Waals surface area contributed by atoms with E-state index in [4.69, 9.17) is 54.3 Å². The first-order valence-corrected chi connectivity index (χ1v) is 44.1. The SMILES string of the molecule is C/C=C/c1c[c-]c(C2=NCCCC2(C)C)cc1.CC(=[OH+])C=C(C)O.CC(=[OH+])C=C(C)O.CC(=[OH+])C=C(C)O.CC1(C)CCCCCN=C1c1[c-]c2ccccc2s1.CC1CN=C(c2[c-]cns2)CS1.COC(=[OH+])C=C(O)OC.Cn1cc[c-]c1C1=NCCCO1.OC(=CC(=[OH+])c1ccccc1)c1ccccc1.[Ir].[Ir].[Ir].[Ir].[Ir].[c-]1c(C2=NCCCC=C2)sc2ccccc12. The van der Waals surface area contributed by atoms with Gasteiger partial charge in [0.15, 0.2) is 13.2 Å². The molecule has 9 aromatic rings. The van der Waals surface area contributed by atoms with E-state index in [0.717, 1.165) is 98.2 Å². The number of aliphatic hydroxyl groups is 5. The molecule has 0 spiro atoms. The maximum absolute atomic E-state index is 9.83. The smallest absolute Gasteiger partial charge is 0.517 e. The number of methoxy groups -OCH3 is 2. The maximum Gasteiger partial charge on any atom is 0.517 e.